The smallest absolute Gasteiger partial charge is 0.276 e. The third kappa shape index (κ3) is 3.15. The first kappa shape index (κ1) is 13.6. The van der Waals surface area contributed by atoms with E-state index in [9.17, 15) is 4.79 Å². The minimum atomic E-state index is -0.232. The van der Waals surface area contributed by atoms with Crippen LogP contribution >= 0.6 is 11.6 Å². The molecule has 1 aromatic heterocycles. The topological polar surface area (TPSA) is 57.8 Å². The van der Waals surface area contributed by atoms with Gasteiger partial charge in [-0.15, -0.1) is 0 Å². The van der Waals surface area contributed by atoms with Gasteiger partial charge in [0.1, 0.15) is 0 Å². The van der Waals surface area contributed by atoms with Crippen LogP contribution in [0.2, 0.25) is 5.02 Å². The molecule has 19 heavy (non-hydrogen) atoms. The minimum absolute atomic E-state index is 0.232. The summed E-state index contributed by atoms with van der Waals surface area (Å²) in [7, 11) is 0. The molecule has 0 unspecified atom stereocenters. The first-order chi connectivity index (χ1) is 9.11. The molecule has 0 aliphatic rings. The Morgan fingerprint density at radius 3 is 3.00 bits per heavy atom. The molecule has 0 fully saturated rings. The predicted octanol–water partition coefficient (Wildman–Crippen LogP) is 3.58. The van der Waals surface area contributed by atoms with E-state index < -0.39 is 0 Å². The lowest BCUT2D eigenvalue weighted by Gasteiger charge is -2.07. The summed E-state index contributed by atoms with van der Waals surface area (Å²) in [6.45, 7) is 3.95. The van der Waals surface area contributed by atoms with Crippen LogP contribution in [0, 0.1) is 6.92 Å². The van der Waals surface area contributed by atoms with Gasteiger partial charge in [0.15, 0.2) is 5.69 Å². The number of benzene rings is 1. The number of aromatic nitrogens is 2. The van der Waals surface area contributed by atoms with Crippen molar-refractivity contribution in [1.82, 2.24) is 10.2 Å². The van der Waals surface area contributed by atoms with Crippen molar-refractivity contribution in [3.63, 3.8) is 0 Å². The van der Waals surface area contributed by atoms with E-state index in [1.165, 1.54) is 0 Å². The molecule has 1 amide bonds. The second kappa shape index (κ2) is 5.89. The van der Waals surface area contributed by atoms with Crippen LogP contribution in [0.25, 0.3) is 0 Å². The fraction of sp³-hybridized carbons (Fsp3) is 0.286. The third-order valence-electron chi connectivity index (χ3n) is 2.90. The molecule has 4 nitrogen and oxygen atoms in total. The summed E-state index contributed by atoms with van der Waals surface area (Å²) < 4.78 is 0. The summed E-state index contributed by atoms with van der Waals surface area (Å²) in [6.07, 6.45) is 1.90. The summed E-state index contributed by atoms with van der Waals surface area (Å²) >= 11 is 6.02. The standard InChI is InChI=1S/C14H16ClN3O/c1-3-5-10-8-13(18-17-10)14(19)16-12-7-4-6-11(15)9(12)2/h4,6-8H,3,5H2,1-2H3,(H,16,19)(H,17,18). The van der Waals surface area contributed by atoms with E-state index in [0.29, 0.717) is 16.4 Å². The molecular weight excluding hydrogens is 262 g/mol. The van der Waals surface area contributed by atoms with Crippen molar-refractivity contribution in [3.05, 3.63) is 46.2 Å². The Morgan fingerprint density at radius 2 is 2.26 bits per heavy atom. The van der Waals surface area contributed by atoms with Crippen LogP contribution in [0.15, 0.2) is 24.3 Å². The van der Waals surface area contributed by atoms with Crippen molar-refractivity contribution in [3.8, 4) is 0 Å². The zero-order valence-corrected chi connectivity index (χ0v) is 11.7. The van der Waals surface area contributed by atoms with Gasteiger partial charge in [-0.1, -0.05) is 31.0 Å². The Kier molecular flexibility index (Phi) is 4.22. The monoisotopic (exact) mass is 277 g/mol. The van der Waals surface area contributed by atoms with Gasteiger partial charge in [-0.2, -0.15) is 5.10 Å². The number of aryl methyl sites for hydroxylation is 1. The van der Waals surface area contributed by atoms with Crippen LogP contribution in [0.3, 0.4) is 0 Å². The summed E-state index contributed by atoms with van der Waals surface area (Å²) in [5.74, 6) is -0.232. The lowest BCUT2D eigenvalue weighted by molar-refractivity contribution is 0.102. The van der Waals surface area contributed by atoms with Crippen molar-refractivity contribution >= 4 is 23.2 Å². The fourth-order valence-electron chi connectivity index (χ4n) is 1.80. The second-order valence-electron chi connectivity index (χ2n) is 4.39. The van der Waals surface area contributed by atoms with Crippen molar-refractivity contribution < 1.29 is 4.79 Å². The fourth-order valence-corrected chi connectivity index (χ4v) is 1.98. The predicted molar refractivity (Wildman–Crippen MR) is 76.7 cm³/mol. The number of aromatic amines is 1. The molecule has 0 atom stereocenters. The van der Waals surface area contributed by atoms with Crippen LogP contribution in [0.4, 0.5) is 5.69 Å². The third-order valence-corrected chi connectivity index (χ3v) is 3.31. The Balaban J connectivity index is 2.14. The highest BCUT2D eigenvalue weighted by atomic mass is 35.5. The average Bonchev–Trinajstić information content (AvgIpc) is 2.84. The number of hydrogen-bond acceptors (Lipinski definition) is 2. The molecule has 1 aromatic carbocycles. The lowest BCUT2D eigenvalue weighted by atomic mass is 10.2. The van der Waals surface area contributed by atoms with Gasteiger partial charge in [0.2, 0.25) is 0 Å². The van der Waals surface area contributed by atoms with Crippen LogP contribution in [-0.4, -0.2) is 16.1 Å². The maximum Gasteiger partial charge on any atom is 0.276 e. The van der Waals surface area contributed by atoms with E-state index in [1.54, 1.807) is 18.2 Å². The van der Waals surface area contributed by atoms with Crippen molar-refractivity contribution in [2.45, 2.75) is 26.7 Å². The molecule has 2 rings (SSSR count). The molecule has 0 spiro atoms. The minimum Gasteiger partial charge on any atom is -0.320 e. The van der Waals surface area contributed by atoms with Gasteiger partial charge in [-0.3, -0.25) is 9.89 Å². The highest BCUT2D eigenvalue weighted by molar-refractivity contribution is 6.31. The van der Waals surface area contributed by atoms with E-state index in [-0.39, 0.29) is 5.91 Å². The van der Waals surface area contributed by atoms with Crippen molar-refractivity contribution in [2.75, 3.05) is 5.32 Å². The van der Waals surface area contributed by atoms with Gasteiger partial charge in [0, 0.05) is 16.4 Å². The number of carbonyl (C=O) groups excluding carboxylic acids is 1. The van der Waals surface area contributed by atoms with Gasteiger partial charge < -0.3 is 5.32 Å². The second-order valence-corrected chi connectivity index (χ2v) is 4.80. The van der Waals surface area contributed by atoms with Crippen LogP contribution in [-0.2, 0) is 6.42 Å². The first-order valence-electron chi connectivity index (χ1n) is 6.22. The summed E-state index contributed by atoms with van der Waals surface area (Å²) in [6, 6.07) is 7.19. The molecule has 0 saturated carbocycles. The molecule has 5 heteroatoms. The highest BCUT2D eigenvalue weighted by Crippen LogP contribution is 2.23. The van der Waals surface area contributed by atoms with Gasteiger partial charge in [-0.25, -0.2) is 0 Å². The SMILES string of the molecule is CCCc1cc(C(=O)Nc2cccc(Cl)c2C)n[nH]1. The molecule has 1 heterocycles. The number of amides is 1. The van der Waals surface area contributed by atoms with E-state index in [0.717, 1.165) is 24.1 Å². The zero-order valence-electron chi connectivity index (χ0n) is 11.0. The number of halogens is 1. The van der Waals surface area contributed by atoms with Crippen molar-refractivity contribution in [2.24, 2.45) is 0 Å². The summed E-state index contributed by atoms with van der Waals surface area (Å²) in [5, 5.41) is 10.3. The lowest BCUT2D eigenvalue weighted by Crippen LogP contribution is -2.13. The first-order valence-corrected chi connectivity index (χ1v) is 6.60. The van der Waals surface area contributed by atoms with Gasteiger partial charge in [0.25, 0.3) is 5.91 Å². The number of hydrogen-bond donors (Lipinski definition) is 2. The number of rotatable bonds is 4. The zero-order chi connectivity index (χ0) is 13.8. The van der Waals surface area contributed by atoms with E-state index in [1.807, 2.05) is 13.0 Å². The molecule has 0 bridgehead atoms. The Labute approximate surface area is 117 Å². The Hall–Kier alpha value is -1.81. The van der Waals surface area contributed by atoms with E-state index >= 15 is 0 Å². The van der Waals surface area contributed by atoms with Crippen LogP contribution < -0.4 is 5.32 Å². The van der Waals surface area contributed by atoms with Crippen molar-refractivity contribution in [1.29, 1.82) is 0 Å². The molecule has 100 valence electrons. The number of carbonyl (C=O) groups is 1. The maximum atomic E-state index is 12.1. The highest BCUT2D eigenvalue weighted by Gasteiger charge is 2.12. The number of anilines is 1. The largest absolute Gasteiger partial charge is 0.320 e. The quantitative estimate of drug-likeness (QED) is 0.897. The number of H-pyrrole nitrogens is 1. The molecule has 0 radical (unpaired) electrons. The molecule has 0 aliphatic heterocycles. The Bertz CT molecular complexity index is 592. The molecule has 2 N–H and O–H groups in total. The average molecular weight is 278 g/mol. The molecule has 0 saturated heterocycles. The number of nitrogens with one attached hydrogen (secondary N) is 2. The van der Waals surface area contributed by atoms with Gasteiger partial charge in [0.05, 0.1) is 0 Å². The van der Waals surface area contributed by atoms with Gasteiger partial charge >= 0.3 is 0 Å². The maximum absolute atomic E-state index is 12.1. The number of nitrogens with zero attached hydrogens (tertiary/aromatic N) is 1. The van der Waals surface area contributed by atoms with E-state index in [4.69, 9.17) is 11.6 Å². The van der Waals surface area contributed by atoms with Crippen LogP contribution in [0.1, 0.15) is 35.1 Å². The normalized spacial score (nSPS) is 10.5. The summed E-state index contributed by atoms with van der Waals surface area (Å²) in [5.41, 5.74) is 2.91. The summed E-state index contributed by atoms with van der Waals surface area (Å²) in [4.78, 5) is 12.1. The Morgan fingerprint density at radius 1 is 1.47 bits per heavy atom. The molecule has 0 aliphatic carbocycles. The molecular formula is C14H16ClN3O. The van der Waals surface area contributed by atoms with Crippen LogP contribution in [0.5, 0.6) is 0 Å². The van der Waals surface area contributed by atoms with Gasteiger partial charge in [-0.05, 0) is 37.1 Å². The molecule has 2 aromatic rings. The van der Waals surface area contributed by atoms with E-state index in [2.05, 4.69) is 22.4 Å².